The summed E-state index contributed by atoms with van der Waals surface area (Å²) in [7, 11) is 0. The number of aromatic hydroxyl groups is 1. The summed E-state index contributed by atoms with van der Waals surface area (Å²) in [5.41, 5.74) is 2.61. The second kappa shape index (κ2) is 7.27. The molecule has 4 rings (SSSR count). The van der Waals surface area contributed by atoms with Gasteiger partial charge in [0, 0.05) is 5.69 Å². The van der Waals surface area contributed by atoms with E-state index in [1.54, 1.807) is 12.1 Å². The molecule has 29 heavy (non-hydrogen) atoms. The molecule has 0 atom stereocenters. The average molecular weight is 388 g/mol. The maximum atomic E-state index is 12.8. The maximum Gasteiger partial charge on any atom is 0.266 e. The summed E-state index contributed by atoms with van der Waals surface area (Å²) in [5, 5.41) is 18.0. The lowest BCUT2D eigenvalue weighted by atomic mass is 10.1. The SMILES string of the molecule is CCc1ccccc1NC(=O)c1c(O)c2cnn(-c3cccc(C)c3)c2[nH]c1=O. The summed E-state index contributed by atoms with van der Waals surface area (Å²) in [5.74, 6) is -1.07. The van der Waals surface area contributed by atoms with E-state index in [1.165, 1.54) is 10.9 Å². The van der Waals surface area contributed by atoms with Gasteiger partial charge in [0.25, 0.3) is 11.5 Å². The van der Waals surface area contributed by atoms with Crippen molar-refractivity contribution in [3.63, 3.8) is 0 Å². The molecule has 0 saturated carbocycles. The molecule has 2 heterocycles. The lowest BCUT2D eigenvalue weighted by molar-refractivity contribution is 0.102. The Labute approximate surface area is 166 Å². The van der Waals surface area contributed by atoms with E-state index in [0.29, 0.717) is 16.7 Å². The van der Waals surface area contributed by atoms with Gasteiger partial charge in [0.15, 0.2) is 0 Å². The largest absolute Gasteiger partial charge is 0.506 e. The van der Waals surface area contributed by atoms with Gasteiger partial charge >= 0.3 is 0 Å². The molecular formula is C22H20N4O3. The molecule has 1 amide bonds. The highest BCUT2D eigenvalue weighted by atomic mass is 16.3. The van der Waals surface area contributed by atoms with Crippen LogP contribution in [0.2, 0.25) is 0 Å². The highest BCUT2D eigenvalue weighted by molar-refractivity contribution is 6.09. The molecule has 7 nitrogen and oxygen atoms in total. The number of anilines is 1. The average Bonchev–Trinajstić information content (AvgIpc) is 3.12. The van der Waals surface area contributed by atoms with Crippen LogP contribution >= 0.6 is 0 Å². The second-order valence-electron chi connectivity index (χ2n) is 6.80. The van der Waals surface area contributed by atoms with Crippen molar-refractivity contribution < 1.29 is 9.90 Å². The van der Waals surface area contributed by atoms with Crippen molar-refractivity contribution >= 4 is 22.6 Å². The maximum absolute atomic E-state index is 12.8. The van der Waals surface area contributed by atoms with Gasteiger partial charge in [0.2, 0.25) is 0 Å². The molecule has 3 N–H and O–H groups in total. The quantitative estimate of drug-likeness (QED) is 0.498. The van der Waals surface area contributed by atoms with Crippen molar-refractivity contribution in [3.8, 4) is 11.4 Å². The smallest absolute Gasteiger partial charge is 0.266 e. The van der Waals surface area contributed by atoms with Crippen LogP contribution in [0, 0.1) is 6.92 Å². The van der Waals surface area contributed by atoms with Crippen molar-refractivity contribution in [2.45, 2.75) is 20.3 Å². The van der Waals surface area contributed by atoms with E-state index < -0.39 is 17.2 Å². The molecule has 0 unspecified atom stereocenters. The minimum absolute atomic E-state index is 0.292. The van der Waals surface area contributed by atoms with Crippen molar-refractivity contribution in [1.29, 1.82) is 0 Å². The molecule has 0 aliphatic heterocycles. The molecule has 0 bridgehead atoms. The predicted molar refractivity (Wildman–Crippen MR) is 112 cm³/mol. The van der Waals surface area contributed by atoms with Crippen LogP contribution in [0.4, 0.5) is 5.69 Å². The fraction of sp³-hybridized carbons (Fsp3) is 0.136. The van der Waals surface area contributed by atoms with Gasteiger partial charge in [-0.2, -0.15) is 5.10 Å². The van der Waals surface area contributed by atoms with Crippen LogP contribution in [0.15, 0.2) is 59.5 Å². The van der Waals surface area contributed by atoms with Crippen LogP contribution in [0.1, 0.15) is 28.4 Å². The lowest BCUT2D eigenvalue weighted by Gasteiger charge is -2.11. The number of carbonyl (C=O) groups excluding carboxylic acids is 1. The third-order valence-electron chi connectivity index (χ3n) is 4.84. The Morgan fingerprint density at radius 3 is 2.76 bits per heavy atom. The number of aromatic nitrogens is 3. The topological polar surface area (TPSA) is 100 Å². The van der Waals surface area contributed by atoms with Crippen molar-refractivity contribution in [3.05, 3.63) is 81.8 Å². The fourth-order valence-electron chi connectivity index (χ4n) is 3.36. The summed E-state index contributed by atoms with van der Waals surface area (Å²) in [6, 6.07) is 14.9. The first-order valence-corrected chi connectivity index (χ1v) is 9.29. The van der Waals surface area contributed by atoms with E-state index in [2.05, 4.69) is 15.4 Å². The van der Waals surface area contributed by atoms with E-state index >= 15 is 0 Å². The Hall–Kier alpha value is -3.87. The molecule has 2 aromatic carbocycles. The summed E-state index contributed by atoms with van der Waals surface area (Å²) in [6.07, 6.45) is 2.15. The van der Waals surface area contributed by atoms with E-state index in [0.717, 1.165) is 23.2 Å². The van der Waals surface area contributed by atoms with Crippen molar-refractivity contribution in [1.82, 2.24) is 14.8 Å². The molecule has 4 aromatic rings. The zero-order valence-electron chi connectivity index (χ0n) is 16.1. The highest BCUT2D eigenvalue weighted by Crippen LogP contribution is 2.27. The first-order valence-electron chi connectivity index (χ1n) is 9.29. The predicted octanol–water partition coefficient (Wildman–Crippen LogP) is 3.54. The Morgan fingerprint density at radius 2 is 2.00 bits per heavy atom. The minimum atomic E-state index is -0.684. The standard InChI is InChI=1S/C22H20N4O3/c1-3-14-8-4-5-10-17(14)24-21(28)18-19(27)16-12-23-26(20(16)25-22(18)29)15-9-6-7-13(2)11-15/h4-12H,3H2,1-2H3,(H,24,28)(H2,25,27,29). The molecule has 146 valence electrons. The molecule has 0 aliphatic rings. The zero-order chi connectivity index (χ0) is 20.5. The number of benzene rings is 2. The van der Waals surface area contributed by atoms with Crippen molar-refractivity contribution in [2.75, 3.05) is 5.32 Å². The van der Waals surface area contributed by atoms with Gasteiger partial charge in [-0.3, -0.25) is 9.59 Å². The first kappa shape index (κ1) is 18.5. The number of pyridine rings is 1. The number of amides is 1. The Bertz CT molecular complexity index is 1290. The van der Waals surface area contributed by atoms with Gasteiger partial charge in [-0.25, -0.2) is 4.68 Å². The molecule has 0 aliphatic carbocycles. The number of nitrogens with zero attached hydrogens (tertiary/aromatic N) is 2. The summed E-state index contributed by atoms with van der Waals surface area (Å²) >= 11 is 0. The highest BCUT2D eigenvalue weighted by Gasteiger charge is 2.22. The number of aromatic amines is 1. The first-order chi connectivity index (χ1) is 14.0. The van der Waals surface area contributed by atoms with Crippen LogP contribution in [-0.4, -0.2) is 25.8 Å². The number of para-hydroxylation sites is 1. The summed E-state index contributed by atoms with van der Waals surface area (Å²) in [4.78, 5) is 28.1. The molecule has 2 aromatic heterocycles. The normalized spacial score (nSPS) is 11.0. The second-order valence-corrected chi connectivity index (χ2v) is 6.80. The van der Waals surface area contributed by atoms with E-state index in [9.17, 15) is 14.7 Å². The van der Waals surface area contributed by atoms with Gasteiger partial charge in [0.05, 0.1) is 17.3 Å². The minimum Gasteiger partial charge on any atom is -0.506 e. The number of fused-ring (bicyclic) bond motifs is 1. The van der Waals surface area contributed by atoms with Crippen LogP contribution in [0.25, 0.3) is 16.7 Å². The molecular weight excluding hydrogens is 368 g/mol. The third-order valence-corrected chi connectivity index (χ3v) is 4.84. The molecule has 0 fully saturated rings. The Morgan fingerprint density at radius 1 is 1.21 bits per heavy atom. The molecule has 0 radical (unpaired) electrons. The van der Waals surface area contributed by atoms with Crippen LogP contribution < -0.4 is 10.9 Å². The molecule has 0 saturated heterocycles. The Balaban J connectivity index is 1.79. The summed E-state index contributed by atoms with van der Waals surface area (Å²) in [6.45, 7) is 3.92. The van der Waals surface area contributed by atoms with E-state index in [-0.39, 0.29) is 5.56 Å². The third kappa shape index (κ3) is 3.27. The number of aryl methyl sites for hydroxylation is 2. The van der Waals surface area contributed by atoms with Crippen LogP contribution in [-0.2, 0) is 6.42 Å². The number of rotatable bonds is 4. The van der Waals surface area contributed by atoms with Gasteiger partial charge in [-0.1, -0.05) is 37.3 Å². The molecule has 7 heteroatoms. The van der Waals surface area contributed by atoms with Gasteiger partial charge in [0.1, 0.15) is 17.0 Å². The number of carbonyl (C=O) groups is 1. The van der Waals surface area contributed by atoms with E-state index in [1.807, 2.05) is 50.2 Å². The van der Waals surface area contributed by atoms with Gasteiger partial charge in [-0.05, 0) is 42.7 Å². The van der Waals surface area contributed by atoms with E-state index in [4.69, 9.17) is 0 Å². The van der Waals surface area contributed by atoms with Crippen molar-refractivity contribution in [2.24, 2.45) is 0 Å². The zero-order valence-corrected chi connectivity index (χ0v) is 16.1. The summed E-state index contributed by atoms with van der Waals surface area (Å²) < 4.78 is 1.53. The van der Waals surface area contributed by atoms with Gasteiger partial charge in [-0.15, -0.1) is 0 Å². The number of hydrogen-bond acceptors (Lipinski definition) is 4. The Kier molecular flexibility index (Phi) is 4.64. The lowest BCUT2D eigenvalue weighted by Crippen LogP contribution is -2.24. The number of H-pyrrole nitrogens is 1. The van der Waals surface area contributed by atoms with Crippen LogP contribution in [0.5, 0.6) is 5.75 Å². The van der Waals surface area contributed by atoms with Crippen LogP contribution in [0.3, 0.4) is 0 Å². The fourth-order valence-corrected chi connectivity index (χ4v) is 3.36. The number of hydrogen-bond donors (Lipinski definition) is 3. The van der Waals surface area contributed by atoms with Gasteiger partial charge < -0.3 is 15.4 Å². The molecule has 0 spiro atoms. The monoisotopic (exact) mass is 388 g/mol. The number of nitrogens with one attached hydrogen (secondary N) is 2.